The van der Waals surface area contributed by atoms with Crippen molar-refractivity contribution in [3.05, 3.63) is 0 Å². The van der Waals surface area contributed by atoms with Gasteiger partial charge in [-0.1, -0.05) is 26.2 Å². The summed E-state index contributed by atoms with van der Waals surface area (Å²) in [6.07, 6.45) is 2.45. The normalized spacial score (nSPS) is 8.71. The van der Waals surface area contributed by atoms with Crippen LogP contribution in [0.5, 0.6) is 0 Å². The predicted molar refractivity (Wildman–Crippen MR) is 37.6 cm³/mol. The fourth-order valence-corrected chi connectivity index (χ4v) is 0.930. The Bertz CT molecular complexity index is 159. The van der Waals surface area contributed by atoms with E-state index in [1.165, 1.54) is 0 Å². The van der Waals surface area contributed by atoms with E-state index in [2.05, 4.69) is 0 Å². The van der Waals surface area contributed by atoms with Gasteiger partial charge in [0.2, 0.25) is 0 Å². The van der Waals surface area contributed by atoms with Crippen molar-refractivity contribution in [2.45, 2.75) is 32.6 Å². The summed E-state index contributed by atoms with van der Waals surface area (Å²) in [6.45, 7) is 1.95. The van der Waals surface area contributed by atoms with Gasteiger partial charge in [-0.15, -0.1) is 0 Å². The molecule has 0 aliphatic heterocycles. The zero-order valence-corrected chi connectivity index (χ0v) is 9.04. The van der Waals surface area contributed by atoms with E-state index in [0.717, 1.165) is 12.8 Å². The third kappa shape index (κ3) is 8.72. The second kappa shape index (κ2) is 11.2. The molecule has 0 aliphatic carbocycles. The molecule has 0 rings (SSSR count). The van der Waals surface area contributed by atoms with Crippen molar-refractivity contribution >= 4 is 11.9 Å². The van der Waals surface area contributed by atoms with Crippen LogP contribution in [0, 0.1) is 5.92 Å². The van der Waals surface area contributed by atoms with E-state index in [1.807, 2.05) is 6.92 Å². The second-order valence-electron chi connectivity index (χ2n) is 2.69. The Balaban J connectivity index is -0.000000605. The van der Waals surface area contributed by atoms with Crippen LogP contribution >= 0.6 is 0 Å². The number of unbranched alkanes of at least 4 members (excludes halogenated alkanes) is 2. The average molecular weight is 186 g/mol. The first-order valence-electron chi connectivity index (χ1n) is 4.01. The molecule has 0 saturated carbocycles. The molecule has 70 valence electrons. The molecule has 0 fully saturated rings. The zero-order chi connectivity index (χ0) is 9.56. The zero-order valence-electron chi connectivity index (χ0n) is 9.04. The maximum absolute atomic E-state index is 10.2. The van der Waals surface area contributed by atoms with E-state index in [4.69, 9.17) is 0 Å². The first-order valence-corrected chi connectivity index (χ1v) is 4.01. The molecule has 0 aromatic heterocycles. The van der Waals surface area contributed by atoms with Crippen LogP contribution < -0.4 is 47.9 Å². The van der Waals surface area contributed by atoms with Gasteiger partial charge in [-0.05, 0) is 6.42 Å². The van der Waals surface area contributed by atoms with E-state index < -0.39 is 17.9 Å². The smallest absolute Gasteiger partial charge is 0.549 e. The summed E-state index contributed by atoms with van der Waals surface area (Å²) in [5.74, 6) is -4.55. The molecule has 0 aliphatic rings. The summed E-state index contributed by atoms with van der Waals surface area (Å²) < 4.78 is 0. The van der Waals surface area contributed by atoms with Gasteiger partial charge >= 0.3 is 37.7 Å². The molecule has 0 bridgehead atoms. The third-order valence-electron chi connectivity index (χ3n) is 1.67. The first kappa shape index (κ1) is 19.7. The van der Waals surface area contributed by atoms with Crippen molar-refractivity contribution in [1.29, 1.82) is 0 Å². The van der Waals surface area contributed by atoms with Gasteiger partial charge in [-0.2, -0.15) is 0 Å². The standard InChI is InChI=1S/C8H14O4.2Li/c1-2-3-4-5-6(7(9)10)8(11)12;;/h6H,2-5H2,1H3,(H,9,10)(H,11,12);;/q;2*+1/p-2. The van der Waals surface area contributed by atoms with Crippen LogP contribution in [0.2, 0.25) is 0 Å². The number of carboxylic acids is 2. The van der Waals surface area contributed by atoms with Gasteiger partial charge in [0.1, 0.15) is 0 Å². The fraction of sp³-hybridized carbons (Fsp3) is 0.750. The molecule has 6 heteroatoms. The molecule has 0 N–H and O–H groups in total. The molecular formula is C8H12Li2O4. The fourth-order valence-electron chi connectivity index (χ4n) is 0.930. The van der Waals surface area contributed by atoms with E-state index in [9.17, 15) is 19.8 Å². The van der Waals surface area contributed by atoms with Gasteiger partial charge in [-0.25, -0.2) is 0 Å². The number of aliphatic carboxylic acids is 2. The molecule has 0 heterocycles. The number of hydrogen-bond donors (Lipinski definition) is 0. The molecule has 0 atom stereocenters. The van der Waals surface area contributed by atoms with E-state index in [-0.39, 0.29) is 44.1 Å². The molecule has 0 saturated heterocycles. The van der Waals surface area contributed by atoms with Gasteiger partial charge in [0.25, 0.3) is 0 Å². The Labute approximate surface area is 108 Å². The minimum absolute atomic E-state index is 0. The molecule has 0 amide bonds. The molecule has 0 aromatic rings. The molecule has 4 nitrogen and oxygen atoms in total. The van der Waals surface area contributed by atoms with Crippen molar-refractivity contribution in [3.63, 3.8) is 0 Å². The Morgan fingerprint density at radius 1 is 1.07 bits per heavy atom. The second-order valence-corrected chi connectivity index (χ2v) is 2.69. The Morgan fingerprint density at radius 3 is 1.79 bits per heavy atom. The largest absolute Gasteiger partial charge is 1.00 e. The summed E-state index contributed by atoms with van der Waals surface area (Å²) in [5, 5.41) is 20.4. The molecule has 0 radical (unpaired) electrons. The monoisotopic (exact) mass is 186 g/mol. The van der Waals surface area contributed by atoms with Crippen LogP contribution in [0.1, 0.15) is 32.6 Å². The number of carboxylic acid groups (broad SMARTS) is 2. The Hall–Kier alpha value is 0.135. The molecule has 0 aromatic carbocycles. The maximum atomic E-state index is 10.2. The van der Waals surface area contributed by atoms with Gasteiger partial charge in [-0.3, -0.25) is 0 Å². The maximum Gasteiger partial charge on any atom is 1.00 e. The number of carbonyl (C=O) groups is 2. The molecule has 14 heavy (non-hydrogen) atoms. The number of hydrogen-bond acceptors (Lipinski definition) is 4. The quantitative estimate of drug-likeness (QED) is 0.234. The van der Waals surface area contributed by atoms with Crippen molar-refractivity contribution < 1.29 is 57.5 Å². The summed E-state index contributed by atoms with van der Waals surface area (Å²) in [4.78, 5) is 20.4. The minimum atomic E-state index is -1.55. The summed E-state index contributed by atoms with van der Waals surface area (Å²) in [5.41, 5.74) is 0. The SMILES string of the molecule is CCCCCC(C(=O)[O-])C(=O)[O-].[Li+].[Li+]. The Kier molecular flexibility index (Phi) is 15.8. The van der Waals surface area contributed by atoms with E-state index in [1.54, 1.807) is 0 Å². The minimum Gasteiger partial charge on any atom is -0.549 e. The van der Waals surface area contributed by atoms with Gasteiger partial charge in [0, 0.05) is 5.92 Å². The summed E-state index contributed by atoms with van der Waals surface area (Å²) in [6, 6.07) is 0. The van der Waals surface area contributed by atoms with E-state index >= 15 is 0 Å². The molecular weight excluding hydrogens is 174 g/mol. The van der Waals surface area contributed by atoms with Crippen molar-refractivity contribution in [2.75, 3.05) is 0 Å². The van der Waals surface area contributed by atoms with Crippen LogP contribution in [0.15, 0.2) is 0 Å². The summed E-state index contributed by atoms with van der Waals surface area (Å²) >= 11 is 0. The van der Waals surface area contributed by atoms with Gasteiger partial charge in [0.05, 0.1) is 11.9 Å². The van der Waals surface area contributed by atoms with Crippen LogP contribution in [0.3, 0.4) is 0 Å². The molecule has 0 unspecified atom stereocenters. The molecule has 0 spiro atoms. The van der Waals surface area contributed by atoms with E-state index in [0.29, 0.717) is 6.42 Å². The topological polar surface area (TPSA) is 80.3 Å². The van der Waals surface area contributed by atoms with Crippen LogP contribution in [-0.4, -0.2) is 11.9 Å². The Morgan fingerprint density at radius 2 is 1.50 bits per heavy atom. The van der Waals surface area contributed by atoms with Crippen molar-refractivity contribution in [2.24, 2.45) is 5.92 Å². The summed E-state index contributed by atoms with van der Waals surface area (Å²) in [7, 11) is 0. The van der Waals surface area contributed by atoms with Gasteiger partial charge < -0.3 is 19.8 Å². The van der Waals surface area contributed by atoms with Crippen LogP contribution in [0.25, 0.3) is 0 Å². The average Bonchev–Trinajstić information content (AvgIpc) is 1.96. The number of rotatable bonds is 6. The predicted octanol–water partition coefficient (Wildman–Crippen LogP) is -7.31. The number of carbonyl (C=O) groups excluding carboxylic acids is 2. The van der Waals surface area contributed by atoms with Crippen LogP contribution in [0.4, 0.5) is 0 Å². The van der Waals surface area contributed by atoms with Crippen LogP contribution in [-0.2, 0) is 9.59 Å². The van der Waals surface area contributed by atoms with Crippen molar-refractivity contribution in [3.8, 4) is 0 Å². The first-order chi connectivity index (χ1) is 5.59. The van der Waals surface area contributed by atoms with Crippen molar-refractivity contribution in [1.82, 2.24) is 0 Å². The third-order valence-corrected chi connectivity index (χ3v) is 1.67. The van der Waals surface area contributed by atoms with Gasteiger partial charge in [0.15, 0.2) is 0 Å².